The Kier molecular flexibility index (Phi) is 8.18. The zero-order valence-corrected chi connectivity index (χ0v) is 40.0. The van der Waals surface area contributed by atoms with Crippen molar-refractivity contribution >= 4 is 38.8 Å². The highest BCUT2D eigenvalue weighted by Crippen LogP contribution is 2.59. The van der Waals surface area contributed by atoms with Crippen LogP contribution in [0, 0.1) is 5.92 Å². The number of rotatable bonds is 4. The second-order valence-electron chi connectivity index (χ2n) is 21.6. The molecule has 334 valence electrons. The number of nitrogens with zero attached hydrogens (tertiary/aromatic N) is 2. The lowest BCUT2D eigenvalue weighted by Crippen LogP contribution is -2.48. The van der Waals surface area contributed by atoms with E-state index in [0.717, 1.165) is 6.42 Å². The Balaban J connectivity index is 0.937. The Morgan fingerprint density at radius 1 is 0.471 bits per heavy atom. The summed E-state index contributed by atoms with van der Waals surface area (Å²) in [4.78, 5) is 2.64. The summed E-state index contributed by atoms with van der Waals surface area (Å²) in [7, 11) is 0. The Bertz CT molecular complexity index is 3930. The van der Waals surface area contributed by atoms with Crippen molar-refractivity contribution in [3.8, 4) is 50.2 Å². The molecule has 2 aliphatic heterocycles. The van der Waals surface area contributed by atoms with E-state index < -0.39 is 0 Å². The Morgan fingerprint density at radius 2 is 1.17 bits per heavy atom. The average molecular weight is 897 g/mol. The van der Waals surface area contributed by atoms with Gasteiger partial charge in [-0.3, -0.25) is 0 Å². The third kappa shape index (κ3) is 5.45. The van der Waals surface area contributed by atoms with E-state index >= 15 is 0 Å². The molecule has 3 aliphatic carbocycles. The van der Waals surface area contributed by atoms with Gasteiger partial charge >= 0.3 is 0 Å². The average Bonchev–Trinajstić information content (AvgIpc) is 3.99. The van der Waals surface area contributed by atoms with Gasteiger partial charge in [-0.2, -0.15) is 0 Å². The van der Waals surface area contributed by atoms with Gasteiger partial charge in [0.1, 0.15) is 0 Å². The number of benzene rings is 9. The normalized spacial score (nSPS) is 19.2. The minimum atomic E-state index is -0.132. The fourth-order valence-corrected chi connectivity index (χ4v) is 13.9. The molecule has 0 bridgehead atoms. The highest BCUT2D eigenvalue weighted by molar-refractivity contribution is 6.13. The van der Waals surface area contributed by atoms with Gasteiger partial charge in [-0.15, -0.1) is 0 Å². The molecule has 0 amide bonds. The van der Waals surface area contributed by atoms with Gasteiger partial charge in [0, 0.05) is 56.1 Å². The van der Waals surface area contributed by atoms with Crippen LogP contribution in [-0.2, 0) is 17.3 Å². The number of fused-ring (bicyclic) bond motifs is 14. The number of hydrogen-bond acceptors (Lipinski definition) is 1. The third-order valence-electron chi connectivity index (χ3n) is 17.4. The molecule has 0 saturated heterocycles. The van der Waals surface area contributed by atoms with Gasteiger partial charge in [0.2, 0.25) is 0 Å². The molecule has 3 heterocycles. The van der Waals surface area contributed by atoms with Crippen molar-refractivity contribution in [2.75, 3.05) is 4.90 Å². The first-order valence-corrected chi connectivity index (χ1v) is 25.2. The molecule has 2 nitrogen and oxygen atoms in total. The lowest BCUT2D eigenvalue weighted by molar-refractivity contribution is 0.341. The van der Waals surface area contributed by atoms with E-state index in [2.05, 4.69) is 250 Å². The number of para-hydroxylation sites is 1. The van der Waals surface area contributed by atoms with Gasteiger partial charge < -0.3 is 9.47 Å². The van der Waals surface area contributed by atoms with Crippen LogP contribution in [0.1, 0.15) is 72.6 Å². The van der Waals surface area contributed by atoms with Gasteiger partial charge in [0.15, 0.2) is 0 Å². The maximum absolute atomic E-state index is 2.64. The summed E-state index contributed by atoms with van der Waals surface area (Å²) in [5.74, 6) is 0.647. The van der Waals surface area contributed by atoms with E-state index in [-0.39, 0.29) is 22.8 Å². The van der Waals surface area contributed by atoms with Crippen LogP contribution < -0.4 is 4.90 Å². The Morgan fingerprint density at radius 3 is 2.03 bits per heavy atom. The zero-order valence-electron chi connectivity index (χ0n) is 40.0. The SMILES string of the molecule is CC1(C)c2ccccc2-c2cc3c4cc(-c5ccc6c(c5)C5=CC=CC7[C@H]5N6c5ccccc5C7(C)C)ccc4n(-c4ccc5c(c4)-c4cc(-c6ccccc6)ccc4CC5c4ccccc4)c3cc21. The fourth-order valence-electron chi connectivity index (χ4n) is 13.9. The van der Waals surface area contributed by atoms with E-state index in [4.69, 9.17) is 0 Å². The molecule has 0 fully saturated rings. The third-order valence-corrected chi connectivity index (χ3v) is 17.4. The standard InChI is InChI=1S/C68H52N2/c1-67(2)58-22-12-11-20-49(58)54-39-57-56-36-45(44-29-33-63-55(35-44)50-21-15-24-60-66(50)70(63)64-25-14-13-23-59(64)68(60,3)4)28-32-62(56)69(65(57)40-61(54)67)47-30-31-48-51(42-18-9-6-10-19-42)37-46-27-26-43(34-52(46)53(48)38-47)41-16-7-5-8-17-41/h5-36,38-40,51,60,66H,37H2,1-4H3/t51?,60?,66-/m0/s1. The summed E-state index contributed by atoms with van der Waals surface area (Å²) in [6.45, 7) is 9.67. The van der Waals surface area contributed by atoms with Gasteiger partial charge in [0.25, 0.3) is 0 Å². The molecule has 5 aliphatic rings. The first-order chi connectivity index (χ1) is 34.2. The molecule has 10 aromatic rings. The quantitative estimate of drug-likeness (QED) is 0.171. The molecule has 2 heteroatoms. The van der Waals surface area contributed by atoms with Gasteiger partial charge in [-0.05, 0) is 151 Å². The molecular weight excluding hydrogens is 845 g/mol. The largest absolute Gasteiger partial charge is 0.332 e. The van der Waals surface area contributed by atoms with Gasteiger partial charge in [0.05, 0.1) is 17.1 Å². The molecule has 0 radical (unpaired) electrons. The predicted molar refractivity (Wildman–Crippen MR) is 293 cm³/mol. The second kappa shape index (κ2) is 14.3. The molecule has 9 aromatic carbocycles. The van der Waals surface area contributed by atoms with E-state index in [1.54, 1.807) is 0 Å². The highest BCUT2D eigenvalue weighted by atomic mass is 15.2. The monoisotopic (exact) mass is 896 g/mol. The van der Waals surface area contributed by atoms with E-state index in [1.807, 2.05) is 0 Å². The summed E-state index contributed by atoms with van der Waals surface area (Å²) >= 11 is 0. The minimum absolute atomic E-state index is 0.0178. The summed E-state index contributed by atoms with van der Waals surface area (Å²) in [6, 6.07) is 74.4. The molecule has 70 heavy (non-hydrogen) atoms. The minimum Gasteiger partial charge on any atom is -0.332 e. The molecule has 15 rings (SSSR count). The van der Waals surface area contributed by atoms with Crippen LogP contribution in [0.3, 0.4) is 0 Å². The van der Waals surface area contributed by atoms with E-state index in [0.29, 0.717) is 5.92 Å². The van der Waals surface area contributed by atoms with Crippen LogP contribution in [-0.4, -0.2) is 10.6 Å². The molecule has 2 unspecified atom stereocenters. The first kappa shape index (κ1) is 40.0. The summed E-state index contributed by atoms with van der Waals surface area (Å²) in [5.41, 5.74) is 27.7. The van der Waals surface area contributed by atoms with Crippen molar-refractivity contribution in [3.63, 3.8) is 0 Å². The molecule has 0 spiro atoms. The smallest absolute Gasteiger partial charge is 0.0669 e. The number of anilines is 2. The van der Waals surface area contributed by atoms with Crippen molar-refractivity contribution in [2.24, 2.45) is 5.92 Å². The lowest BCUT2D eigenvalue weighted by atomic mass is 9.64. The molecule has 0 saturated carbocycles. The van der Waals surface area contributed by atoms with Crippen LogP contribution in [0.25, 0.3) is 77.6 Å². The summed E-state index contributed by atoms with van der Waals surface area (Å²) in [5, 5.41) is 2.56. The topological polar surface area (TPSA) is 8.17 Å². The van der Waals surface area contributed by atoms with Gasteiger partial charge in [-0.25, -0.2) is 0 Å². The maximum atomic E-state index is 2.64. The molecule has 3 atom stereocenters. The number of aromatic nitrogens is 1. The van der Waals surface area contributed by atoms with Crippen LogP contribution in [0.5, 0.6) is 0 Å². The van der Waals surface area contributed by atoms with Gasteiger partial charge in [-0.1, -0.05) is 179 Å². The lowest BCUT2D eigenvalue weighted by Gasteiger charge is -2.49. The van der Waals surface area contributed by atoms with E-state index in [1.165, 1.54) is 128 Å². The predicted octanol–water partition coefficient (Wildman–Crippen LogP) is 17.2. The van der Waals surface area contributed by atoms with Crippen molar-refractivity contribution in [2.45, 2.75) is 56.9 Å². The van der Waals surface area contributed by atoms with Crippen LogP contribution in [0.2, 0.25) is 0 Å². The zero-order chi connectivity index (χ0) is 46.6. The molecular formula is C68H52N2. The highest BCUT2D eigenvalue weighted by Gasteiger charge is 2.51. The van der Waals surface area contributed by atoms with Crippen LogP contribution >= 0.6 is 0 Å². The van der Waals surface area contributed by atoms with Crippen molar-refractivity contribution in [3.05, 3.63) is 251 Å². The maximum Gasteiger partial charge on any atom is 0.0669 e. The van der Waals surface area contributed by atoms with E-state index in [9.17, 15) is 0 Å². The van der Waals surface area contributed by atoms with Crippen molar-refractivity contribution < 1.29 is 0 Å². The first-order valence-electron chi connectivity index (χ1n) is 25.2. The summed E-state index contributed by atoms with van der Waals surface area (Å²) in [6.07, 6.45) is 8.12. The molecule has 1 aromatic heterocycles. The summed E-state index contributed by atoms with van der Waals surface area (Å²) < 4.78 is 2.57. The Hall–Kier alpha value is -7.94. The second-order valence-corrected chi connectivity index (χ2v) is 21.6. The van der Waals surface area contributed by atoms with Crippen molar-refractivity contribution in [1.29, 1.82) is 0 Å². The van der Waals surface area contributed by atoms with Crippen LogP contribution in [0.4, 0.5) is 11.4 Å². The van der Waals surface area contributed by atoms with Crippen LogP contribution in [0.15, 0.2) is 212 Å². The fraction of sp³-hybridized carbons (Fsp3) is 0.147. The number of hydrogen-bond donors (Lipinski definition) is 0. The van der Waals surface area contributed by atoms with Crippen molar-refractivity contribution in [1.82, 2.24) is 4.57 Å². The number of allylic oxidation sites excluding steroid dienone is 2. The molecule has 0 N–H and O–H groups in total. The Labute approximate surface area is 410 Å².